The maximum absolute atomic E-state index is 11.1. The van der Waals surface area contributed by atoms with Crippen LogP contribution in [-0.2, 0) is 11.3 Å². The van der Waals surface area contributed by atoms with E-state index in [-0.39, 0.29) is 11.8 Å². The first-order valence-corrected chi connectivity index (χ1v) is 7.18. The monoisotopic (exact) mass is 280 g/mol. The number of carbonyl (C=O) groups excluding carboxylic acids is 1. The number of nitrogens with two attached hydrogens (primary N) is 1. The van der Waals surface area contributed by atoms with Gasteiger partial charge in [-0.2, -0.15) is 0 Å². The largest absolute Gasteiger partial charge is 0.369 e. The van der Waals surface area contributed by atoms with Crippen LogP contribution >= 0.6 is 11.6 Å². The van der Waals surface area contributed by atoms with Crippen molar-refractivity contribution in [2.45, 2.75) is 26.3 Å². The van der Waals surface area contributed by atoms with Crippen LogP contribution in [0.5, 0.6) is 0 Å². The maximum atomic E-state index is 11.1. The third-order valence-corrected chi connectivity index (χ3v) is 4.11. The molecule has 1 aliphatic rings. The second kappa shape index (κ2) is 6.40. The summed E-state index contributed by atoms with van der Waals surface area (Å²) in [5.41, 5.74) is 6.61. The van der Waals surface area contributed by atoms with E-state index < -0.39 is 0 Å². The fourth-order valence-electron chi connectivity index (χ4n) is 2.71. The average Bonchev–Trinajstić information content (AvgIpc) is 2.79. The van der Waals surface area contributed by atoms with Crippen molar-refractivity contribution in [2.24, 2.45) is 17.6 Å². The minimum absolute atomic E-state index is 0.0134. The highest BCUT2D eigenvalue weighted by Gasteiger charge is 2.25. The fraction of sp³-hybridized carbons (Fsp3) is 0.533. The number of rotatable bonds is 5. The molecule has 1 aromatic carbocycles. The summed E-state index contributed by atoms with van der Waals surface area (Å²) < 4.78 is 0. The molecule has 2 atom stereocenters. The molecule has 0 saturated carbocycles. The average molecular weight is 281 g/mol. The number of halogens is 1. The number of benzene rings is 1. The van der Waals surface area contributed by atoms with E-state index in [1.54, 1.807) is 0 Å². The molecule has 3 nitrogen and oxygen atoms in total. The molecular weight excluding hydrogens is 260 g/mol. The molecule has 2 unspecified atom stereocenters. The van der Waals surface area contributed by atoms with E-state index in [9.17, 15) is 4.79 Å². The molecule has 0 aromatic heterocycles. The van der Waals surface area contributed by atoms with Crippen molar-refractivity contribution in [1.29, 1.82) is 0 Å². The summed E-state index contributed by atoms with van der Waals surface area (Å²) in [6.45, 7) is 5.03. The van der Waals surface area contributed by atoms with Crippen molar-refractivity contribution in [3.05, 3.63) is 34.9 Å². The first-order chi connectivity index (χ1) is 9.04. The van der Waals surface area contributed by atoms with Crippen LogP contribution < -0.4 is 5.73 Å². The normalized spacial score (nSPS) is 21.5. The van der Waals surface area contributed by atoms with Crippen LogP contribution in [0.1, 0.15) is 25.3 Å². The van der Waals surface area contributed by atoms with Gasteiger partial charge in [0.05, 0.1) is 0 Å². The summed E-state index contributed by atoms with van der Waals surface area (Å²) in [6.07, 6.45) is 2.07. The SMILES string of the molecule is CC(CC1CCN(Cc2ccc(Cl)cc2)C1)C(N)=O. The van der Waals surface area contributed by atoms with Gasteiger partial charge in [0.15, 0.2) is 0 Å². The minimum Gasteiger partial charge on any atom is -0.369 e. The van der Waals surface area contributed by atoms with Crippen molar-refractivity contribution in [2.75, 3.05) is 13.1 Å². The lowest BCUT2D eigenvalue weighted by atomic mass is 9.95. The van der Waals surface area contributed by atoms with E-state index in [0.717, 1.165) is 37.5 Å². The maximum Gasteiger partial charge on any atom is 0.220 e. The van der Waals surface area contributed by atoms with Gasteiger partial charge in [-0.25, -0.2) is 0 Å². The van der Waals surface area contributed by atoms with E-state index in [2.05, 4.69) is 17.0 Å². The van der Waals surface area contributed by atoms with E-state index in [1.807, 2.05) is 19.1 Å². The van der Waals surface area contributed by atoms with E-state index >= 15 is 0 Å². The van der Waals surface area contributed by atoms with Crippen molar-refractivity contribution >= 4 is 17.5 Å². The number of amides is 1. The van der Waals surface area contributed by atoms with Crippen LogP contribution in [0.4, 0.5) is 0 Å². The summed E-state index contributed by atoms with van der Waals surface area (Å²) in [6, 6.07) is 8.00. The molecule has 4 heteroatoms. The Balaban J connectivity index is 1.82. The second-order valence-electron chi connectivity index (χ2n) is 5.56. The van der Waals surface area contributed by atoms with Gasteiger partial charge < -0.3 is 5.73 Å². The first kappa shape index (κ1) is 14.4. The number of hydrogen-bond acceptors (Lipinski definition) is 2. The van der Waals surface area contributed by atoms with Crippen LogP contribution in [0.15, 0.2) is 24.3 Å². The van der Waals surface area contributed by atoms with E-state index in [1.165, 1.54) is 5.56 Å². The van der Waals surface area contributed by atoms with Gasteiger partial charge in [0.1, 0.15) is 0 Å². The predicted octanol–water partition coefficient (Wildman–Crippen LogP) is 2.67. The molecule has 1 saturated heterocycles. The molecule has 0 spiro atoms. The molecule has 1 aromatic rings. The minimum atomic E-state index is -0.184. The second-order valence-corrected chi connectivity index (χ2v) is 5.99. The van der Waals surface area contributed by atoms with Crippen LogP contribution in [-0.4, -0.2) is 23.9 Å². The number of primary amides is 1. The molecule has 104 valence electrons. The highest BCUT2D eigenvalue weighted by atomic mass is 35.5. The predicted molar refractivity (Wildman–Crippen MR) is 77.8 cm³/mol. The van der Waals surface area contributed by atoms with Gasteiger partial charge in [-0.3, -0.25) is 9.69 Å². The molecule has 2 N–H and O–H groups in total. The highest BCUT2D eigenvalue weighted by Crippen LogP contribution is 2.24. The molecule has 0 bridgehead atoms. The molecule has 1 fully saturated rings. The van der Waals surface area contributed by atoms with Crippen LogP contribution in [0, 0.1) is 11.8 Å². The van der Waals surface area contributed by atoms with E-state index in [0.29, 0.717) is 5.92 Å². The molecule has 1 aliphatic heterocycles. The number of likely N-dealkylation sites (tertiary alicyclic amines) is 1. The third-order valence-electron chi connectivity index (χ3n) is 3.86. The summed E-state index contributed by atoms with van der Waals surface area (Å²) in [5.74, 6) is 0.395. The van der Waals surface area contributed by atoms with Crippen LogP contribution in [0.3, 0.4) is 0 Å². The summed E-state index contributed by atoms with van der Waals surface area (Å²) >= 11 is 5.88. The Bertz CT molecular complexity index is 432. The molecule has 1 heterocycles. The van der Waals surface area contributed by atoms with Crippen molar-refractivity contribution < 1.29 is 4.79 Å². The summed E-state index contributed by atoms with van der Waals surface area (Å²) in [4.78, 5) is 13.5. The van der Waals surface area contributed by atoms with Crippen molar-refractivity contribution in [3.8, 4) is 0 Å². The standard InChI is InChI=1S/C15H21ClN2O/c1-11(15(17)19)8-13-6-7-18(10-13)9-12-2-4-14(16)5-3-12/h2-5,11,13H,6-10H2,1H3,(H2,17,19). The Morgan fingerprint density at radius 1 is 1.47 bits per heavy atom. The lowest BCUT2D eigenvalue weighted by Crippen LogP contribution is -2.25. The molecular formula is C15H21ClN2O. The van der Waals surface area contributed by atoms with Gasteiger partial charge in [0.2, 0.25) is 5.91 Å². The Kier molecular flexibility index (Phi) is 4.83. The smallest absolute Gasteiger partial charge is 0.220 e. The zero-order chi connectivity index (χ0) is 13.8. The van der Waals surface area contributed by atoms with Gasteiger partial charge in [0, 0.05) is 24.0 Å². The lowest BCUT2D eigenvalue weighted by molar-refractivity contribution is -0.121. The molecule has 0 radical (unpaired) electrons. The van der Waals surface area contributed by atoms with Crippen molar-refractivity contribution in [3.63, 3.8) is 0 Å². The van der Waals surface area contributed by atoms with Gasteiger partial charge in [-0.15, -0.1) is 0 Å². The van der Waals surface area contributed by atoms with Crippen LogP contribution in [0.2, 0.25) is 5.02 Å². The van der Waals surface area contributed by atoms with Crippen LogP contribution in [0.25, 0.3) is 0 Å². The molecule has 19 heavy (non-hydrogen) atoms. The fourth-order valence-corrected chi connectivity index (χ4v) is 2.84. The Morgan fingerprint density at radius 3 is 2.79 bits per heavy atom. The topological polar surface area (TPSA) is 46.3 Å². The highest BCUT2D eigenvalue weighted by molar-refractivity contribution is 6.30. The zero-order valence-electron chi connectivity index (χ0n) is 11.3. The van der Waals surface area contributed by atoms with Gasteiger partial charge in [-0.05, 0) is 43.0 Å². The zero-order valence-corrected chi connectivity index (χ0v) is 12.1. The Morgan fingerprint density at radius 2 is 2.16 bits per heavy atom. The first-order valence-electron chi connectivity index (χ1n) is 6.80. The third kappa shape index (κ3) is 4.22. The van der Waals surface area contributed by atoms with Gasteiger partial charge >= 0.3 is 0 Å². The molecule has 2 rings (SSSR count). The van der Waals surface area contributed by atoms with E-state index in [4.69, 9.17) is 17.3 Å². The summed E-state index contributed by atoms with van der Waals surface area (Å²) in [5, 5.41) is 0.776. The molecule has 0 aliphatic carbocycles. The number of hydrogen-bond donors (Lipinski definition) is 1. The van der Waals surface area contributed by atoms with Gasteiger partial charge in [0.25, 0.3) is 0 Å². The Hall–Kier alpha value is -1.06. The summed E-state index contributed by atoms with van der Waals surface area (Å²) in [7, 11) is 0. The Labute approximate surface area is 119 Å². The van der Waals surface area contributed by atoms with Gasteiger partial charge in [-0.1, -0.05) is 30.7 Å². The van der Waals surface area contributed by atoms with Crippen molar-refractivity contribution in [1.82, 2.24) is 4.90 Å². The molecule has 1 amide bonds. The number of carbonyl (C=O) groups is 1. The lowest BCUT2D eigenvalue weighted by Gasteiger charge is -2.17. The quantitative estimate of drug-likeness (QED) is 0.901. The number of nitrogens with zero attached hydrogens (tertiary/aromatic N) is 1.